The first-order chi connectivity index (χ1) is 43.1. The van der Waals surface area contributed by atoms with E-state index >= 15 is 0 Å². The fourth-order valence-electron chi connectivity index (χ4n) is 12.0. The van der Waals surface area contributed by atoms with Crippen molar-refractivity contribution in [3.8, 4) is 11.1 Å². The van der Waals surface area contributed by atoms with Gasteiger partial charge in [-0.15, -0.1) is 11.8 Å². The molecule has 2 saturated heterocycles. The largest absolute Gasteiger partial charge is 0.501 e. The zero-order valence-electron chi connectivity index (χ0n) is 53.2. The van der Waals surface area contributed by atoms with Crippen LogP contribution in [0.4, 0.5) is 24.5 Å². The van der Waals surface area contributed by atoms with Crippen molar-refractivity contribution in [2.75, 3.05) is 74.9 Å². The topological polar surface area (TPSA) is 138 Å². The van der Waals surface area contributed by atoms with Crippen LogP contribution in [-0.4, -0.2) is 125 Å². The first-order valence-corrected chi connectivity index (χ1v) is 40.3. The van der Waals surface area contributed by atoms with Gasteiger partial charge in [0.2, 0.25) is 0 Å². The maximum absolute atomic E-state index is 14.6. The molecule has 0 aromatic heterocycles. The maximum Gasteiger partial charge on any atom is 0.501 e. The Balaban J connectivity index is 0.854. The van der Waals surface area contributed by atoms with Gasteiger partial charge in [0.05, 0.1) is 16.7 Å². The smallest absolute Gasteiger partial charge is 0.410 e. The zero-order valence-corrected chi connectivity index (χ0v) is 58.4. The third-order valence-electron chi connectivity index (χ3n) is 18.2. The fraction of sp³-hybridized carbons (Fsp3) is 0.386. The average Bonchev–Trinajstić information content (AvgIpc) is 0.805. The summed E-state index contributed by atoms with van der Waals surface area (Å²) in [5.41, 5.74) is -2.12. The number of thioether (sulfide) groups is 1. The lowest BCUT2D eigenvalue weighted by molar-refractivity contribution is -0.0436. The van der Waals surface area contributed by atoms with Crippen molar-refractivity contribution in [2.24, 2.45) is 5.92 Å². The van der Waals surface area contributed by atoms with Gasteiger partial charge in [0, 0.05) is 91.9 Å². The molecule has 0 spiro atoms. The van der Waals surface area contributed by atoms with Crippen molar-refractivity contribution in [2.45, 2.75) is 116 Å². The lowest BCUT2D eigenvalue weighted by Crippen LogP contribution is -2.67. The van der Waals surface area contributed by atoms with Crippen molar-refractivity contribution in [1.82, 2.24) is 14.5 Å². The summed E-state index contributed by atoms with van der Waals surface area (Å²) < 4.78 is 115. The average molecular weight is 1350 g/mol. The number of hydrogen-bond donors (Lipinski definition) is 2. The monoisotopic (exact) mass is 1350 g/mol. The molecule has 2 N–H and O–H groups in total. The molecule has 2 aliphatic rings. The van der Waals surface area contributed by atoms with Crippen LogP contribution < -0.4 is 25.3 Å². The Labute approximate surface area is 548 Å². The molecule has 0 bridgehead atoms. The molecular formula is C70H85ClF3N5O7S3Si2. The molecule has 2 fully saturated rings. The summed E-state index contributed by atoms with van der Waals surface area (Å²) in [4.78, 5) is 19.4. The highest BCUT2D eigenvalue weighted by Crippen LogP contribution is 2.47. The summed E-state index contributed by atoms with van der Waals surface area (Å²) in [5.74, 6) is -0.514. The number of sulfonamides is 1. The molecular weight excluding hydrogens is 1270 g/mol. The van der Waals surface area contributed by atoms with Crippen molar-refractivity contribution >= 4 is 87.5 Å². The minimum atomic E-state index is -6.13. The van der Waals surface area contributed by atoms with Gasteiger partial charge in [-0.05, 0) is 142 Å². The number of rotatable bonds is 24. The number of carbonyl (C=O) groups excluding carboxylic acids is 1. The Morgan fingerprint density at radius 3 is 1.78 bits per heavy atom. The van der Waals surface area contributed by atoms with Crippen molar-refractivity contribution in [3.05, 3.63) is 198 Å². The number of nitrogens with zero attached hydrogens (tertiary/aromatic N) is 3. The van der Waals surface area contributed by atoms with Gasteiger partial charge in [-0.1, -0.05) is 168 Å². The molecule has 0 aliphatic carbocycles. The lowest BCUT2D eigenvalue weighted by Gasteiger charge is -2.44. The van der Waals surface area contributed by atoms with E-state index in [0.29, 0.717) is 49.5 Å². The predicted octanol–water partition coefficient (Wildman–Crippen LogP) is 14.6. The van der Waals surface area contributed by atoms with E-state index < -0.39 is 69.4 Å². The van der Waals surface area contributed by atoms with Crippen molar-refractivity contribution in [3.63, 3.8) is 0 Å². The quantitative estimate of drug-likeness (QED) is 0.0440. The highest BCUT2D eigenvalue weighted by molar-refractivity contribution is 7.99. The number of carbonyl (C=O) groups is 1. The third-order valence-corrected chi connectivity index (χ3v) is 31.9. The normalized spacial score (nSPS) is 16.1. The molecule has 7 aromatic carbocycles. The zero-order chi connectivity index (χ0) is 65.4. The maximum atomic E-state index is 14.6. The number of sulfone groups is 1. The number of piperidine rings is 1. The molecule has 2 heterocycles. The number of alkyl halides is 3. The number of amides is 1. The van der Waals surface area contributed by atoms with E-state index in [-0.39, 0.29) is 27.7 Å². The summed E-state index contributed by atoms with van der Waals surface area (Å²) in [6, 6.07) is 55.2. The number of hydrogen-bond acceptors (Lipinski definition) is 12. The van der Waals surface area contributed by atoms with E-state index in [2.05, 4.69) is 141 Å². The Morgan fingerprint density at radius 2 is 1.22 bits per heavy atom. The van der Waals surface area contributed by atoms with Gasteiger partial charge in [-0.2, -0.15) is 13.2 Å². The highest BCUT2D eigenvalue weighted by atomic mass is 35.5. The van der Waals surface area contributed by atoms with E-state index in [4.69, 9.17) is 20.5 Å². The Kier molecular flexibility index (Phi) is 22.4. The molecule has 0 radical (unpaired) electrons. The van der Waals surface area contributed by atoms with E-state index in [1.807, 2.05) is 77.5 Å². The van der Waals surface area contributed by atoms with Gasteiger partial charge in [-0.25, -0.2) is 21.6 Å². The Bertz CT molecular complexity index is 3740. The molecule has 0 saturated carbocycles. The molecule has 12 nitrogen and oxygen atoms in total. The number of benzene rings is 7. The lowest BCUT2D eigenvalue weighted by atomic mass is 9.84. The predicted molar refractivity (Wildman–Crippen MR) is 369 cm³/mol. The van der Waals surface area contributed by atoms with Gasteiger partial charge in [0.1, 0.15) is 4.90 Å². The van der Waals surface area contributed by atoms with Crippen LogP contribution in [0.25, 0.3) is 11.1 Å². The molecule has 486 valence electrons. The van der Waals surface area contributed by atoms with E-state index in [0.717, 1.165) is 85.0 Å². The Hall–Kier alpha value is -5.79. The number of anilines is 2. The van der Waals surface area contributed by atoms with E-state index in [1.54, 1.807) is 12.1 Å². The summed E-state index contributed by atoms with van der Waals surface area (Å²) in [5, 5.41) is 6.00. The number of nitrogens with one attached hydrogen (secondary N) is 2. The molecule has 0 unspecified atom stereocenters. The first kappa shape index (κ1) is 69.6. The van der Waals surface area contributed by atoms with E-state index in [9.17, 15) is 34.8 Å². The van der Waals surface area contributed by atoms with Gasteiger partial charge in [0.15, 0.2) is 8.32 Å². The molecule has 2 aliphatic heterocycles. The molecule has 2 atom stereocenters. The SMILES string of the molecule is CC(C)(C)[Si](C)(C)O[C@@H](c1ccccc1-c1ccc(Cl)cc1)C1CCN(c2ccc(C(=O)NS(=O)(=O)c3ccc(N[C@H](CCN4CCN(CCO[Si](c5ccccc5)(c5ccccc5)C(C)(C)C)CC4)CSc4ccccc4)c(S(=O)(=O)C(F)(F)F)c3)cc2)CC1. The van der Waals surface area contributed by atoms with Gasteiger partial charge >= 0.3 is 5.51 Å². The standard InChI is InChI=1S/C70H85ClF3N5O7S3Si2/c1-68(2,3)90(7,8)86-66(63-27-19-18-26-62(63)52-28-32-55(71)33-29-52)53-38-42-79(43-39-53)57-34-30-54(31-35-57)67(80)76-89(83,84)59-36-37-64(65(50-59)88(81,82)70(72,73)74)75-56(51-87-58-20-12-9-13-21-58)40-41-77-44-46-78(47-45-77)48-49-85-91(69(4,5)6,60-22-14-10-15-23-60)61-24-16-11-17-25-61/h9-37,50,53,56,66,75H,38-49,51H2,1-8H3,(H,76,80)/t56-,66-/m1/s1. The Morgan fingerprint density at radius 1 is 0.670 bits per heavy atom. The van der Waals surface area contributed by atoms with Crippen LogP contribution in [0, 0.1) is 5.92 Å². The third kappa shape index (κ3) is 16.8. The summed E-state index contributed by atoms with van der Waals surface area (Å²) >= 11 is 7.76. The first-order valence-electron chi connectivity index (χ1n) is 31.1. The summed E-state index contributed by atoms with van der Waals surface area (Å²) in [6.45, 7) is 24.2. The van der Waals surface area contributed by atoms with Crippen LogP contribution in [0.15, 0.2) is 197 Å². The van der Waals surface area contributed by atoms with Crippen LogP contribution in [0.1, 0.15) is 82.8 Å². The summed E-state index contributed by atoms with van der Waals surface area (Å²) in [7, 11) is -16.0. The number of halogens is 4. The minimum Gasteiger partial charge on any atom is -0.410 e. The van der Waals surface area contributed by atoms with Crippen LogP contribution in [0.3, 0.4) is 0 Å². The fourth-order valence-corrected chi connectivity index (χ4v) is 21.0. The highest BCUT2D eigenvalue weighted by Gasteiger charge is 2.51. The van der Waals surface area contributed by atoms with Crippen molar-refractivity contribution < 1.29 is 43.7 Å². The number of piperazine rings is 1. The molecule has 21 heteroatoms. The summed E-state index contributed by atoms with van der Waals surface area (Å²) in [6.07, 6.45) is 1.86. The van der Waals surface area contributed by atoms with Crippen LogP contribution in [0.5, 0.6) is 0 Å². The molecule has 91 heavy (non-hydrogen) atoms. The minimum absolute atomic E-state index is 0.0224. The van der Waals surface area contributed by atoms with Crippen LogP contribution >= 0.6 is 23.4 Å². The second-order valence-electron chi connectivity index (χ2n) is 26.3. The van der Waals surface area contributed by atoms with Gasteiger partial charge in [-0.3, -0.25) is 9.69 Å². The molecule has 7 aromatic rings. The second-order valence-corrected chi connectivity index (χ2v) is 40.4. The van der Waals surface area contributed by atoms with Crippen molar-refractivity contribution in [1.29, 1.82) is 0 Å². The molecule has 1 amide bonds. The van der Waals surface area contributed by atoms with E-state index in [1.165, 1.54) is 34.3 Å². The van der Waals surface area contributed by atoms with Gasteiger partial charge in [0.25, 0.3) is 34.1 Å². The van der Waals surface area contributed by atoms with Crippen LogP contribution in [-0.2, 0) is 28.7 Å². The van der Waals surface area contributed by atoms with Gasteiger partial charge < -0.3 is 24.0 Å². The second kappa shape index (κ2) is 29.2. The molecule has 9 rings (SSSR count). The van der Waals surface area contributed by atoms with Crippen LogP contribution in [0.2, 0.25) is 28.2 Å².